The molecule has 0 heterocycles. The standard InChI is InChI=1S/C11H11IO/c12-10-5-2-1-4-9(10)11(8-13)6-3-7-11/h1-2,4-5,8H,3,6-7H2. The molecule has 1 saturated carbocycles. The van der Waals surface area contributed by atoms with Gasteiger partial charge in [0, 0.05) is 3.57 Å². The van der Waals surface area contributed by atoms with Crippen LogP contribution < -0.4 is 0 Å². The molecule has 0 unspecified atom stereocenters. The fourth-order valence-electron chi connectivity index (χ4n) is 1.87. The van der Waals surface area contributed by atoms with Crippen molar-refractivity contribution in [1.29, 1.82) is 0 Å². The van der Waals surface area contributed by atoms with Gasteiger partial charge in [0.2, 0.25) is 0 Å². The van der Waals surface area contributed by atoms with Crippen molar-refractivity contribution < 1.29 is 4.79 Å². The number of rotatable bonds is 2. The van der Waals surface area contributed by atoms with Gasteiger partial charge >= 0.3 is 0 Å². The predicted octanol–water partition coefficient (Wildman–Crippen LogP) is 2.91. The van der Waals surface area contributed by atoms with Crippen LogP contribution in [0.5, 0.6) is 0 Å². The summed E-state index contributed by atoms with van der Waals surface area (Å²) in [4.78, 5) is 11.1. The molecule has 0 amide bonds. The van der Waals surface area contributed by atoms with Gasteiger partial charge in [-0.1, -0.05) is 24.6 Å². The monoisotopic (exact) mass is 286 g/mol. The average molecular weight is 286 g/mol. The van der Waals surface area contributed by atoms with Crippen molar-refractivity contribution in [2.45, 2.75) is 24.7 Å². The van der Waals surface area contributed by atoms with Crippen LogP contribution in [0.15, 0.2) is 24.3 Å². The summed E-state index contributed by atoms with van der Waals surface area (Å²) in [5, 5.41) is 0. The van der Waals surface area contributed by atoms with Crippen molar-refractivity contribution >= 4 is 28.9 Å². The van der Waals surface area contributed by atoms with Crippen molar-refractivity contribution in [3.05, 3.63) is 33.4 Å². The van der Waals surface area contributed by atoms with Gasteiger partial charge in [0.15, 0.2) is 0 Å². The lowest BCUT2D eigenvalue weighted by atomic mass is 9.65. The van der Waals surface area contributed by atoms with Crippen LogP contribution in [-0.2, 0) is 10.2 Å². The number of hydrogen-bond donors (Lipinski definition) is 0. The van der Waals surface area contributed by atoms with Crippen molar-refractivity contribution in [3.63, 3.8) is 0 Å². The van der Waals surface area contributed by atoms with E-state index in [0.717, 1.165) is 19.1 Å². The highest BCUT2D eigenvalue weighted by atomic mass is 127. The molecule has 2 rings (SSSR count). The maximum absolute atomic E-state index is 11.1. The van der Waals surface area contributed by atoms with E-state index < -0.39 is 0 Å². The second kappa shape index (κ2) is 3.40. The van der Waals surface area contributed by atoms with E-state index in [0.29, 0.717) is 0 Å². The Kier molecular flexibility index (Phi) is 2.41. The van der Waals surface area contributed by atoms with E-state index in [2.05, 4.69) is 34.7 Å². The molecule has 2 heteroatoms. The molecular weight excluding hydrogens is 275 g/mol. The van der Waals surface area contributed by atoms with Crippen LogP contribution in [0, 0.1) is 3.57 Å². The molecule has 0 atom stereocenters. The van der Waals surface area contributed by atoms with Gasteiger partial charge in [-0.15, -0.1) is 0 Å². The van der Waals surface area contributed by atoms with Gasteiger partial charge in [0.1, 0.15) is 6.29 Å². The highest BCUT2D eigenvalue weighted by Gasteiger charge is 2.39. The van der Waals surface area contributed by atoms with Gasteiger partial charge < -0.3 is 4.79 Å². The van der Waals surface area contributed by atoms with E-state index in [9.17, 15) is 4.79 Å². The summed E-state index contributed by atoms with van der Waals surface area (Å²) in [5.41, 5.74) is 1.08. The van der Waals surface area contributed by atoms with Crippen LogP contribution >= 0.6 is 22.6 Å². The number of carbonyl (C=O) groups is 1. The molecule has 0 bridgehead atoms. The van der Waals surface area contributed by atoms with Crippen LogP contribution in [-0.4, -0.2) is 6.29 Å². The van der Waals surface area contributed by atoms with E-state index in [1.54, 1.807) is 0 Å². The third-order valence-electron chi connectivity index (χ3n) is 2.88. The minimum atomic E-state index is -0.141. The van der Waals surface area contributed by atoms with E-state index in [4.69, 9.17) is 0 Å². The Morgan fingerprint density at radius 1 is 1.31 bits per heavy atom. The lowest BCUT2D eigenvalue weighted by molar-refractivity contribution is -0.115. The average Bonchev–Trinajstić information content (AvgIpc) is 2.07. The van der Waals surface area contributed by atoms with Gasteiger partial charge in [0.05, 0.1) is 5.41 Å². The zero-order valence-corrected chi connectivity index (χ0v) is 9.45. The minimum absolute atomic E-state index is 0.141. The summed E-state index contributed by atoms with van der Waals surface area (Å²) in [6, 6.07) is 8.18. The zero-order valence-electron chi connectivity index (χ0n) is 7.29. The zero-order chi connectivity index (χ0) is 9.31. The molecular formula is C11H11IO. The van der Waals surface area contributed by atoms with Crippen molar-refractivity contribution in [1.82, 2.24) is 0 Å². The van der Waals surface area contributed by atoms with Gasteiger partial charge in [-0.25, -0.2) is 0 Å². The second-order valence-electron chi connectivity index (χ2n) is 3.61. The molecule has 13 heavy (non-hydrogen) atoms. The maximum atomic E-state index is 11.1. The molecule has 0 aliphatic heterocycles. The Bertz CT molecular complexity index is 329. The van der Waals surface area contributed by atoms with Crippen LogP contribution in [0.3, 0.4) is 0 Å². The minimum Gasteiger partial charge on any atom is -0.302 e. The van der Waals surface area contributed by atoms with Crippen LogP contribution in [0.25, 0.3) is 0 Å². The summed E-state index contributed by atoms with van der Waals surface area (Å²) in [6.07, 6.45) is 4.37. The molecule has 0 spiro atoms. The number of benzene rings is 1. The normalized spacial score (nSPS) is 19.2. The number of halogens is 1. The molecule has 68 valence electrons. The van der Waals surface area contributed by atoms with Gasteiger partial charge in [-0.3, -0.25) is 0 Å². The SMILES string of the molecule is O=CC1(c2ccccc2I)CCC1. The molecule has 0 radical (unpaired) electrons. The van der Waals surface area contributed by atoms with Crippen molar-refractivity contribution in [2.24, 2.45) is 0 Å². The quantitative estimate of drug-likeness (QED) is 0.603. The van der Waals surface area contributed by atoms with Crippen LogP contribution in [0.4, 0.5) is 0 Å². The molecule has 1 aliphatic carbocycles. The van der Waals surface area contributed by atoms with E-state index in [1.807, 2.05) is 12.1 Å². The Morgan fingerprint density at radius 3 is 2.46 bits per heavy atom. The summed E-state index contributed by atoms with van der Waals surface area (Å²) in [7, 11) is 0. The van der Waals surface area contributed by atoms with Gasteiger partial charge in [-0.05, 0) is 47.1 Å². The van der Waals surface area contributed by atoms with Crippen molar-refractivity contribution in [3.8, 4) is 0 Å². The first-order valence-corrected chi connectivity index (χ1v) is 5.58. The van der Waals surface area contributed by atoms with Crippen LogP contribution in [0.2, 0.25) is 0 Å². The molecule has 0 N–H and O–H groups in total. The first kappa shape index (κ1) is 9.19. The highest BCUT2D eigenvalue weighted by Crippen LogP contribution is 2.43. The first-order chi connectivity index (χ1) is 6.28. The summed E-state index contributed by atoms with van der Waals surface area (Å²) in [6.45, 7) is 0. The summed E-state index contributed by atoms with van der Waals surface area (Å²) < 4.78 is 1.21. The molecule has 1 aromatic carbocycles. The van der Waals surface area contributed by atoms with E-state index >= 15 is 0 Å². The predicted molar refractivity (Wildman–Crippen MR) is 60.8 cm³/mol. The fourth-order valence-corrected chi connectivity index (χ4v) is 2.80. The molecule has 0 saturated heterocycles. The Hall–Kier alpha value is -0.380. The first-order valence-electron chi connectivity index (χ1n) is 4.50. The molecule has 1 aromatic rings. The molecule has 0 aromatic heterocycles. The number of aldehydes is 1. The largest absolute Gasteiger partial charge is 0.302 e. The lowest BCUT2D eigenvalue weighted by Gasteiger charge is -2.37. The fraction of sp³-hybridized carbons (Fsp3) is 0.364. The molecule has 1 fully saturated rings. The number of hydrogen-bond acceptors (Lipinski definition) is 1. The molecule has 1 aliphatic rings. The third kappa shape index (κ3) is 1.41. The van der Waals surface area contributed by atoms with Crippen LogP contribution in [0.1, 0.15) is 24.8 Å². The summed E-state index contributed by atoms with van der Waals surface area (Å²) >= 11 is 2.31. The Labute approximate surface area is 91.7 Å². The smallest absolute Gasteiger partial charge is 0.130 e. The van der Waals surface area contributed by atoms with Gasteiger partial charge in [-0.2, -0.15) is 0 Å². The Morgan fingerprint density at radius 2 is 2.00 bits per heavy atom. The second-order valence-corrected chi connectivity index (χ2v) is 4.77. The van der Waals surface area contributed by atoms with Gasteiger partial charge in [0.25, 0.3) is 0 Å². The topological polar surface area (TPSA) is 17.1 Å². The van der Waals surface area contributed by atoms with E-state index in [-0.39, 0.29) is 5.41 Å². The summed E-state index contributed by atoms with van der Waals surface area (Å²) in [5.74, 6) is 0. The third-order valence-corrected chi connectivity index (χ3v) is 3.82. The van der Waals surface area contributed by atoms with E-state index in [1.165, 1.54) is 15.6 Å². The molecule has 1 nitrogen and oxygen atoms in total. The lowest BCUT2D eigenvalue weighted by Crippen LogP contribution is -2.36. The maximum Gasteiger partial charge on any atom is 0.130 e. The number of carbonyl (C=O) groups excluding carboxylic acids is 1. The Balaban J connectivity index is 2.44. The van der Waals surface area contributed by atoms with Crippen molar-refractivity contribution in [2.75, 3.05) is 0 Å². The highest BCUT2D eigenvalue weighted by molar-refractivity contribution is 14.1.